The maximum absolute atomic E-state index is 13.2. The zero-order valence-electron chi connectivity index (χ0n) is 20.9. The molecule has 0 amide bonds. The summed E-state index contributed by atoms with van der Waals surface area (Å²) in [6.45, 7) is 3.34. The van der Waals surface area contributed by atoms with Crippen LogP contribution in [0.25, 0.3) is 10.9 Å². The van der Waals surface area contributed by atoms with Gasteiger partial charge in [0.05, 0.1) is 17.1 Å². The Morgan fingerprint density at radius 2 is 1.91 bits per heavy atom. The number of tetrazole rings is 1. The summed E-state index contributed by atoms with van der Waals surface area (Å²) in [4.78, 5) is 18.7. The zero-order valence-corrected chi connectivity index (χ0v) is 20.9. The molecule has 0 unspecified atom stereocenters. The molecule has 0 radical (unpaired) electrons. The average Bonchev–Trinajstić information content (AvgIpc) is 3.39. The minimum Gasteiger partial charge on any atom is -0.396 e. The van der Waals surface area contributed by atoms with E-state index in [4.69, 9.17) is 0 Å². The summed E-state index contributed by atoms with van der Waals surface area (Å²) in [5.74, 6) is 0.954. The number of aliphatic hydroxyl groups excluding tert-OH is 1. The maximum atomic E-state index is 13.2. The molecule has 2 aliphatic rings. The highest BCUT2D eigenvalue weighted by Crippen LogP contribution is 2.43. The van der Waals surface area contributed by atoms with Crippen molar-refractivity contribution >= 4 is 10.9 Å². The van der Waals surface area contributed by atoms with E-state index in [0.717, 1.165) is 66.4 Å². The molecule has 35 heavy (non-hydrogen) atoms. The van der Waals surface area contributed by atoms with Crippen molar-refractivity contribution in [1.82, 2.24) is 30.1 Å². The molecule has 188 valence electrons. The van der Waals surface area contributed by atoms with Crippen LogP contribution in [0.1, 0.15) is 93.6 Å². The second-order valence-electron chi connectivity index (χ2n) is 10.5. The van der Waals surface area contributed by atoms with E-state index in [2.05, 4.69) is 36.2 Å². The van der Waals surface area contributed by atoms with Gasteiger partial charge in [-0.1, -0.05) is 56.7 Å². The SMILES string of the molecule is Cc1cccc2cc(CN(CCCO)C3(c4nnnn4C4CCCCC4)CCCCC3)c(=O)[nH]c12. The molecular formula is C27H38N6O2. The number of nitrogens with zero attached hydrogens (tertiary/aromatic N) is 5. The topological polar surface area (TPSA) is 99.9 Å². The van der Waals surface area contributed by atoms with Gasteiger partial charge >= 0.3 is 0 Å². The number of para-hydroxylation sites is 1. The fourth-order valence-corrected chi connectivity index (χ4v) is 6.35. The lowest BCUT2D eigenvalue weighted by atomic mass is 9.78. The standard InChI is InChI=1S/C27H38N6O2/c1-20-10-8-11-21-18-22(25(35)28-24(20)21)19-32(16-9-17-34)27(14-6-3-7-15-27)26-29-30-31-33(26)23-12-4-2-5-13-23/h8,10-11,18,23,34H,2-7,9,12-17,19H2,1H3,(H,28,35). The number of nitrogens with one attached hydrogen (secondary N) is 1. The Morgan fingerprint density at radius 1 is 1.14 bits per heavy atom. The number of fused-ring (bicyclic) bond motifs is 1. The van der Waals surface area contributed by atoms with Gasteiger partial charge in [0.2, 0.25) is 0 Å². The Labute approximate surface area is 206 Å². The van der Waals surface area contributed by atoms with E-state index >= 15 is 0 Å². The third-order valence-electron chi connectivity index (χ3n) is 8.23. The zero-order chi connectivity index (χ0) is 24.3. The Kier molecular flexibility index (Phi) is 7.29. The van der Waals surface area contributed by atoms with Crippen LogP contribution in [0.4, 0.5) is 0 Å². The number of aromatic nitrogens is 5. The average molecular weight is 479 g/mol. The minimum atomic E-state index is -0.331. The molecule has 0 atom stereocenters. The summed E-state index contributed by atoms with van der Waals surface area (Å²) in [6, 6.07) is 8.49. The van der Waals surface area contributed by atoms with Crippen LogP contribution in [-0.2, 0) is 12.1 Å². The van der Waals surface area contributed by atoms with Crippen LogP contribution < -0.4 is 5.56 Å². The summed E-state index contributed by atoms with van der Waals surface area (Å²) < 4.78 is 2.12. The molecule has 2 fully saturated rings. The number of rotatable bonds is 8. The summed E-state index contributed by atoms with van der Waals surface area (Å²) in [6.07, 6.45) is 12.0. The number of hydrogen-bond donors (Lipinski definition) is 2. The Morgan fingerprint density at radius 3 is 2.69 bits per heavy atom. The van der Waals surface area contributed by atoms with Gasteiger partial charge in [-0.2, -0.15) is 0 Å². The van der Waals surface area contributed by atoms with Crippen molar-refractivity contribution in [1.29, 1.82) is 0 Å². The molecular weight excluding hydrogens is 440 g/mol. The first-order valence-electron chi connectivity index (χ1n) is 13.4. The summed E-state index contributed by atoms with van der Waals surface area (Å²) in [5, 5.41) is 24.1. The van der Waals surface area contributed by atoms with Crippen LogP contribution in [-0.4, -0.2) is 48.3 Å². The van der Waals surface area contributed by atoms with Crippen molar-refractivity contribution in [2.24, 2.45) is 0 Å². The first-order valence-corrected chi connectivity index (χ1v) is 13.4. The Bertz CT molecular complexity index is 1190. The van der Waals surface area contributed by atoms with Gasteiger partial charge in [0, 0.05) is 25.3 Å². The molecule has 5 rings (SSSR count). The Hall–Kier alpha value is -2.58. The van der Waals surface area contributed by atoms with E-state index < -0.39 is 0 Å². The van der Waals surface area contributed by atoms with E-state index in [9.17, 15) is 9.90 Å². The van der Waals surface area contributed by atoms with Crippen molar-refractivity contribution in [2.45, 2.75) is 95.7 Å². The van der Waals surface area contributed by atoms with Crippen LogP contribution in [0.2, 0.25) is 0 Å². The number of pyridine rings is 1. The smallest absolute Gasteiger partial charge is 0.252 e. The van der Waals surface area contributed by atoms with E-state index in [1.165, 1.54) is 25.7 Å². The molecule has 3 aromatic rings. The molecule has 2 N–H and O–H groups in total. The molecule has 2 aliphatic carbocycles. The molecule has 2 heterocycles. The maximum Gasteiger partial charge on any atom is 0.252 e. The lowest BCUT2D eigenvalue weighted by Crippen LogP contribution is -2.50. The van der Waals surface area contributed by atoms with Crippen LogP contribution in [0.5, 0.6) is 0 Å². The number of aryl methyl sites for hydroxylation is 1. The second kappa shape index (κ2) is 10.6. The molecule has 1 aromatic carbocycles. The van der Waals surface area contributed by atoms with Gasteiger partial charge < -0.3 is 10.1 Å². The molecule has 0 aliphatic heterocycles. The molecule has 0 saturated heterocycles. The fraction of sp³-hybridized carbons (Fsp3) is 0.630. The third kappa shape index (κ3) is 4.78. The predicted octanol–water partition coefficient (Wildman–Crippen LogP) is 4.37. The van der Waals surface area contributed by atoms with Crippen molar-refractivity contribution in [3.63, 3.8) is 0 Å². The first kappa shape index (κ1) is 24.1. The van der Waals surface area contributed by atoms with Crippen molar-refractivity contribution in [3.8, 4) is 0 Å². The lowest BCUT2D eigenvalue weighted by Gasteiger charge is -2.46. The van der Waals surface area contributed by atoms with Gasteiger partial charge in [-0.25, -0.2) is 4.68 Å². The summed E-state index contributed by atoms with van der Waals surface area (Å²) >= 11 is 0. The van der Waals surface area contributed by atoms with Crippen molar-refractivity contribution in [2.75, 3.05) is 13.2 Å². The highest BCUT2D eigenvalue weighted by Gasteiger charge is 2.45. The molecule has 2 saturated carbocycles. The van der Waals surface area contributed by atoms with Crippen LogP contribution in [0, 0.1) is 6.92 Å². The highest BCUT2D eigenvalue weighted by atomic mass is 16.3. The lowest BCUT2D eigenvalue weighted by molar-refractivity contribution is 0.0201. The second-order valence-corrected chi connectivity index (χ2v) is 10.5. The van der Waals surface area contributed by atoms with Crippen molar-refractivity contribution in [3.05, 3.63) is 51.6 Å². The van der Waals surface area contributed by atoms with Gasteiger partial charge in [-0.05, 0) is 66.5 Å². The van der Waals surface area contributed by atoms with Crippen molar-refractivity contribution < 1.29 is 5.11 Å². The van der Waals surface area contributed by atoms with Gasteiger partial charge in [0.1, 0.15) is 0 Å². The monoisotopic (exact) mass is 478 g/mol. The number of benzene rings is 1. The number of aliphatic hydroxyl groups is 1. The van der Waals surface area contributed by atoms with Crippen LogP contribution in [0.15, 0.2) is 29.1 Å². The quantitative estimate of drug-likeness (QED) is 0.499. The largest absolute Gasteiger partial charge is 0.396 e. The van der Waals surface area contributed by atoms with Gasteiger partial charge in [0.15, 0.2) is 5.82 Å². The number of H-pyrrole nitrogens is 1. The van der Waals surface area contributed by atoms with E-state index in [1.54, 1.807) is 0 Å². The van der Waals surface area contributed by atoms with E-state index in [0.29, 0.717) is 25.6 Å². The molecule has 0 bridgehead atoms. The molecule has 0 spiro atoms. The number of aromatic amines is 1. The molecule has 8 nitrogen and oxygen atoms in total. The predicted molar refractivity (Wildman–Crippen MR) is 136 cm³/mol. The summed E-state index contributed by atoms with van der Waals surface area (Å²) in [5.41, 5.74) is 2.35. The normalized spacial score (nSPS) is 18.9. The van der Waals surface area contributed by atoms with E-state index in [-0.39, 0.29) is 17.7 Å². The minimum absolute atomic E-state index is 0.0429. The first-order chi connectivity index (χ1) is 17.1. The molecule has 8 heteroatoms. The summed E-state index contributed by atoms with van der Waals surface area (Å²) in [7, 11) is 0. The van der Waals surface area contributed by atoms with Gasteiger partial charge in [-0.3, -0.25) is 9.69 Å². The third-order valence-corrected chi connectivity index (χ3v) is 8.23. The van der Waals surface area contributed by atoms with Gasteiger partial charge in [0.25, 0.3) is 5.56 Å². The molecule has 2 aromatic heterocycles. The fourth-order valence-electron chi connectivity index (χ4n) is 6.35. The van der Waals surface area contributed by atoms with Gasteiger partial charge in [-0.15, -0.1) is 5.10 Å². The van der Waals surface area contributed by atoms with Crippen LogP contribution >= 0.6 is 0 Å². The Balaban J connectivity index is 1.56. The number of hydrogen-bond acceptors (Lipinski definition) is 6. The van der Waals surface area contributed by atoms with E-state index in [1.807, 2.05) is 25.1 Å². The highest BCUT2D eigenvalue weighted by molar-refractivity contribution is 5.81. The van der Waals surface area contributed by atoms with Crippen LogP contribution in [0.3, 0.4) is 0 Å².